The van der Waals surface area contributed by atoms with Crippen LogP contribution in [0.2, 0.25) is 0 Å². The lowest BCUT2D eigenvalue weighted by atomic mass is 9.92. The second-order valence-corrected chi connectivity index (χ2v) is 8.76. The van der Waals surface area contributed by atoms with Gasteiger partial charge in [-0.3, -0.25) is 19.2 Å². The Morgan fingerprint density at radius 2 is 1.97 bits per heavy atom. The maximum Gasteiger partial charge on any atom is 0.277 e. The molecular formula is C27H25FN4O3. The second-order valence-electron chi connectivity index (χ2n) is 8.76. The molecule has 0 fully saturated rings. The average Bonchev–Trinajstić information content (AvgIpc) is 3.53. The summed E-state index contributed by atoms with van der Waals surface area (Å²) in [6.07, 6.45) is 2.24. The van der Waals surface area contributed by atoms with E-state index in [0.717, 1.165) is 5.56 Å². The van der Waals surface area contributed by atoms with Crippen molar-refractivity contribution < 1.29 is 18.4 Å². The maximum absolute atomic E-state index is 13.9. The van der Waals surface area contributed by atoms with Crippen molar-refractivity contribution in [2.45, 2.75) is 38.9 Å². The number of aryl methyl sites for hydroxylation is 1. The van der Waals surface area contributed by atoms with Gasteiger partial charge in [0.25, 0.3) is 5.91 Å². The molecule has 3 heterocycles. The molecule has 0 saturated heterocycles. The predicted molar refractivity (Wildman–Crippen MR) is 129 cm³/mol. The topological polar surface area (TPSA) is 80.4 Å². The van der Waals surface area contributed by atoms with Gasteiger partial charge in [0.2, 0.25) is 5.91 Å². The van der Waals surface area contributed by atoms with Gasteiger partial charge in [-0.15, -0.1) is 0 Å². The van der Waals surface area contributed by atoms with Gasteiger partial charge in [-0.1, -0.05) is 37.3 Å². The largest absolute Gasteiger partial charge is 0.463 e. The number of halogens is 1. The number of rotatable bonds is 6. The predicted octanol–water partition coefficient (Wildman–Crippen LogP) is 4.58. The first-order chi connectivity index (χ1) is 16.9. The highest BCUT2D eigenvalue weighted by molar-refractivity contribution is 6.12. The minimum atomic E-state index is -1.28. The summed E-state index contributed by atoms with van der Waals surface area (Å²) in [6.45, 7) is 4.01. The molecule has 0 spiro atoms. The number of hydrogen-bond acceptors (Lipinski definition) is 4. The number of carbonyl (C=O) groups is 2. The Bertz CT molecular complexity index is 1400. The Balaban J connectivity index is 1.56. The van der Waals surface area contributed by atoms with Gasteiger partial charge in [0.15, 0.2) is 5.76 Å². The number of nitrogens with one attached hydrogen (secondary N) is 1. The number of fused-ring (bicyclic) bond motifs is 1. The molecule has 0 saturated carbocycles. The summed E-state index contributed by atoms with van der Waals surface area (Å²) in [4.78, 5) is 29.2. The summed E-state index contributed by atoms with van der Waals surface area (Å²) in [7, 11) is 0. The average molecular weight is 473 g/mol. The number of nitrogens with zero attached hydrogens (tertiary/aromatic N) is 3. The highest BCUT2D eigenvalue weighted by Gasteiger charge is 2.49. The molecule has 2 aromatic carbocycles. The molecule has 7 nitrogen and oxygen atoms in total. The second kappa shape index (κ2) is 8.87. The number of benzene rings is 2. The van der Waals surface area contributed by atoms with Crippen LogP contribution in [0.1, 0.15) is 35.5 Å². The van der Waals surface area contributed by atoms with Crippen LogP contribution in [0.4, 0.5) is 10.1 Å². The Labute approximate surface area is 202 Å². The van der Waals surface area contributed by atoms with Gasteiger partial charge in [-0.25, -0.2) is 4.39 Å². The monoisotopic (exact) mass is 472 g/mol. The van der Waals surface area contributed by atoms with Crippen molar-refractivity contribution in [2.24, 2.45) is 0 Å². The van der Waals surface area contributed by atoms with E-state index in [9.17, 15) is 14.0 Å². The molecule has 178 valence electrons. The first-order valence-electron chi connectivity index (χ1n) is 11.5. The Hall–Kier alpha value is -4.20. The number of hydrogen-bond donors (Lipinski definition) is 1. The zero-order valence-corrected chi connectivity index (χ0v) is 19.5. The first-order valence-corrected chi connectivity index (χ1v) is 11.5. The van der Waals surface area contributed by atoms with E-state index in [0.29, 0.717) is 34.8 Å². The molecule has 0 bridgehead atoms. The van der Waals surface area contributed by atoms with E-state index in [-0.39, 0.29) is 30.7 Å². The summed E-state index contributed by atoms with van der Waals surface area (Å²) >= 11 is 0. The normalized spacial score (nSPS) is 17.3. The van der Waals surface area contributed by atoms with Crippen molar-refractivity contribution in [1.82, 2.24) is 15.1 Å². The van der Waals surface area contributed by atoms with Crippen LogP contribution in [0, 0.1) is 5.82 Å². The molecule has 5 rings (SSSR count). The van der Waals surface area contributed by atoms with Crippen LogP contribution in [-0.4, -0.2) is 27.1 Å². The molecule has 35 heavy (non-hydrogen) atoms. The lowest BCUT2D eigenvalue weighted by molar-refractivity contribution is -0.126. The number of carbonyl (C=O) groups excluding carboxylic acids is 2. The summed E-state index contributed by atoms with van der Waals surface area (Å²) in [6, 6.07) is 18.9. The van der Waals surface area contributed by atoms with Gasteiger partial charge in [-0.2, -0.15) is 5.10 Å². The zero-order chi connectivity index (χ0) is 24.6. The van der Waals surface area contributed by atoms with E-state index in [2.05, 4.69) is 10.4 Å². The zero-order valence-electron chi connectivity index (χ0n) is 19.5. The fourth-order valence-electron chi connectivity index (χ4n) is 4.55. The molecule has 1 unspecified atom stereocenters. The van der Waals surface area contributed by atoms with Gasteiger partial charge >= 0.3 is 0 Å². The highest BCUT2D eigenvalue weighted by Crippen LogP contribution is 2.36. The molecule has 1 aliphatic heterocycles. The van der Waals surface area contributed by atoms with Crippen molar-refractivity contribution in [3.8, 4) is 11.5 Å². The quantitative estimate of drug-likeness (QED) is 0.446. The summed E-state index contributed by atoms with van der Waals surface area (Å²) in [5.74, 6) is -0.522. The van der Waals surface area contributed by atoms with Crippen molar-refractivity contribution in [3.05, 3.63) is 95.6 Å². The first kappa shape index (κ1) is 22.6. The standard InChI is InChI=1S/C27H25FN4O3/c1-3-19-9-4-5-11-22(19)32-25(33)23-15-21(24-12-7-13-35-24)30-31(23)17-27(32,2)26(34)29-16-18-8-6-10-20(28)14-18/h4-15H,3,16-17H2,1-2H3,(H,29,34). The van der Waals surface area contributed by atoms with Crippen LogP contribution in [0.5, 0.6) is 0 Å². The number of aromatic nitrogens is 2. The fourth-order valence-corrected chi connectivity index (χ4v) is 4.55. The lowest BCUT2D eigenvalue weighted by Crippen LogP contribution is -2.64. The number of furan rings is 1. The molecule has 2 amide bonds. The summed E-state index contributed by atoms with van der Waals surface area (Å²) in [5, 5.41) is 7.47. The smallest absolute Gasteiger partial charge is 0.277 e. The Morgan fingerprint density at radius 3 is 2.71 bits per heavy atom. The SMILES string of the molecule is CCc1ccccc1N1C(=O)c2cc(-c3ccco3)nn2CC1(C)C(=O)NCc1cccc(F)c1. The minimum Gasteiger partial charge on any atom is -0.463 e. The van der Waals surface area contributed by atoms with Crippen molar-refractivity contribution in [3.63, 3.8) is 0 Å². The van der Waals surface area contributed by atoms with Crippen LogP contribution in [-0.2, 0) is 24.3 Å². The molecule has 2 aromatic heterocycles. The van der Waals surface area contributed by atoms with Crippen molar-refractivity contribution in [2.75, 3.05) is 4.90 Å². The molecule has 1 N–H and O–H groups in total. The third kappa shape index (κ3) is 4.01. The van der Waals surface area contributed by atoms with Crippen molar-refractivity contribution in [1.29, 1.82) is 0 Å². The third-order valence-corrected chi connectivity index (χ3v) is 6.37. The molecule has 4 aromatic rings. The number of para-hydroxylation sites is 1. The lowest BCUT2D eigenvalue weighted by Gasteiger charge is -2.43. The van der Waals surface area contributed by atoms with E-state index in [1.54, 1.807) is 53.1 Å². The van der Waals surface area contributed by atoms with Gasteiger partial charge in [0.1, 0.15) is 22.7 Å². The van der Waals surface area contributed by atoms with Gasteiger partial charge in [0.05, 0.1) is 12.8 Å². The number of anilines is 1. The molecule has 1 aliphatic rings. The van der Waals surface area contributed by atoms with Crippen LogP contribution in [0.15, 0.2) is 77.4 Å². The molecule has 0 aliphatic carbocycles. The van der Waals surface area contributed by atoms with Crippen LogP contribution in [0.25, 0.3) is 11.5 Å². The third-order valence-electron chi connectivity index (χ3n) is 6.37. The summed E-state index contributed by atoms with van der Waals surface area (Å²) < 4.78 is 20.7. The fraction of sp³-hybridized carbons (Fsp3) is 0.222. The van der Waals surface area contributed by atoms with E-state index in [1.165, 1.54) is 12.1 Å². The van der Waals surface area contributed by atoms with Crippen LogP contribution in [0.3, 0.4) is 0 Å². The van der Waals surface area contributed by atoms with Crippen LogP contribution < -0.4 is 10.2 Å². The van der Waals surface area contributed by atoms with E-state index < -0.39 is 5.54 Å². The van der Waals surface area contributed by atoms with E-state index in [4.69, 9.17) is 4.42 Å². The minimum absolute atomic E-state index is 0.132. The Morgan fingerprint density at radius 1 is 1.14 bits per heavy atom. The van der Waals surface area contributed by atoms with Gasteiger partial charge in [-0.05, 0) is 54.8 Å². The summed E-state index contributed by atoms with van der Waals surface area (Å²) in [5.41, 5.74) is 1.86. The maximum atomic E-state index is 13.9. The van der Waals surface area contributed by atoms with Crippen LogP contribution >= 0.6 is 0 Å². The Kier molecular flexibility index (Phi) is 5.72. The van der Waals surface area contributed by atoms with Gasteiger partial charge < -0.3 is 9.73 Å². The van der Waals surface area contributed by atoms with Gasteiger partial charge in [0, 0.05) is 18.3 Å². The molecular weight excluding hydrogens is 447 g/mol. The number of amides is 2. The van der Waals surface area contributed by atoms with E-state index in [1.807, 2.05) is 31.2 Å². The van der Waals surface area contributed by atoms with E-state index >= 15 is 0 Å². The highest BCUT2D eigenvalue weighted by atomic mass is 19.1. The molecule has 0 radical (unpaired) electrons. The molecule has 1 atom stereocenters. The van der Waals surface area contributed by atoms with Crippen molar-refractivity contribution >= 4 is 17.5 Å². The molecule has 8 heteroatoms.